The number of ether oxygens (including phenoxy) is 2. The molecule has 0 N–H and O–H groups in total. The Morgan fingerprint density at radius 2 is 0.976 bits per heavy atom. The molecule has 6 rings (SSSR count). The molecule has 2 aliphatic carbocycles. The molecule has 0 fully saturated rings. The molecule has 2 heterocycles. The van der Waals surface area contributed by atoms with Gasteiger partial charge < -0.3 is 19.3 Å². The van der Waals surface area contributed by atoms with Gasteiger partial charge in [-0.1, -0.05) is 90.8 Å². The highest BCUT2D eigenvalue weighted by atomic mass is 16.5. The molecule has 220 valence electrons. The number of hydrogen-bond acceptors (Lipinski definition) is 4. The zero-order valence-electron chi connectivity index (χ0n) is 26.2. The molecule has 0 bridgehead atoms. The quantitative estimate of drug-likeness (QED) is 0.376. The summed E-state index contributed by atoms with van der Waals surface area (Å²) in [4.78, 5) is 4.65. The lowest BCUT2D eigenvalue weighted by atomic mass is 9.78. The molecule has 0 aromatic heterocycles. The zero-order valence-corrected chi connectivity index (χ0v) is 26.2. The van der Waals surface area contributed by atoms with Gasteiger partial charge in [0.15, 0.2) is 13.5 Å². The Bertz CT molecular complexity index is 1150. The number of hydrogen-bond donors (Lipinski definition) is 0. The number of allylic oxidation sites excluding steroid dienone is 4. The molecule has 2 aromatic rings. The van der Waals surface area contributed by atoms with Crippen LogP contribution in [0, 0.1) is 0 Å². The van der Waals surface area contributed by atoms with Gasteiger partial charge in [-0.05, 0) is 84.4 Å². The van der Waals surface area contributed by atoms with Crippen LogP contribution in [0.4, 0.5) is 11.4 Å². The van der Waals surface area contributed by atoms with Crippen LogP contribution in [0.1, 0.15) is 91.2 Å². The minimum atomic E-state index is -0.0818. The average molecular weight is 555 g/mol. The van der Waals surface area contributed by atoms with E-state index in [9.17, 15) is 0 Å². The second-order valence-electron chi connectivity index (χ2n) is 11.9. The molecule has 0 spiro atoms. The molecule has 2 aromatic carbocycles. The van der Waals surface area contributed by atoms with Crippen LogP contribution in [-0.4, -0.2) is 26.6 Å². The van der Waals surface area contributed by atoms with Gasteiger partial charge in [-0.2, -0.15) is 0 Å². The molecule has 4 nitrogen and oxygen atoms in total. The highest BCUT2D eigenvalue weighted by molar-refractivity contribution is 5.55. The molecule has 2 aliphatic heterocycles. The average Bonchev–Trinajstić information content (AvgIpc) is 3.01. The fourth-order valence-corrected chi connectivity index (χ4v) is 5.52. The van der Waals surface area contributed by atoms with Gasteiger partial charge in [0.05, 0.1) is 0 Å². The monoisotopic (exact) mass is 554 g/mol. The predicted molar refractivity (Wildman–Crippen MR) is 174 cm³/mol. The van der Waals surface area contributed by atoms with Crippen molar-refractivity contribution in [2.24, 2.45) is 0 Å². The Kier molecular flexibility index (Phi) is 10.8. The Balaban J connectivity index is 0.000000596. The minimum absolute atomic E-state index is 0.0818. The van der Waals surface area contributed by atoms with Crippen LogP contribution in [-0.2, 0) is 14.9 Å². The third-order valence-electron chi connectivity index (χ3n) is 7.88. The topological polar surface area (TPSA) is 24.9 Å². The van der Waals surface area contributed by atoms with E-state index in [1.54, 1.807) is 0 Å². The summed E-state index contributed by atoms with van der Waals surface area (Å²) < 4.78 is 12.0. The van der Waals surface area contributed by atoms with Crippen molar-refractivity contribution in [3.63, 3.8) is 0 Å². The summed E-state index contributed by atoms with van der Waals surface area (Å²) in [5.74, 6) is 2.16. The number of benzene rings is 2. The molecule has 4 heteroatoms. The molecule has 41 heavy (non-hydrogen) atoms. The van der Waals surface area contributed by atoms with Gasteiger partial charge in [0.25, 0.3) is 0 Å². The maximum atomic E-state index is 6.01. The summed E-state index contributed by atoms with van der Waals surface area (Å²) in [6.07, 6.45) is 15.6. The molecule has 0 atom stereocenters. The first-order valence-corrected chi connectivity index (χ1v) is 15.6. The highest BCUT2D eigenvalue weighted by Crippen LogP contribution is 2.35. The molecular formula is C37H50N2O2. The van der Waals surface area contributed by atoms with E-state index in [0.29, 0.717) is 13.5 Å². The van der Waals surface area contributed by atoms with E-state index in [2.05, 4.69) is 124 Å². The van der Waals surface area contributed by atoms with Crippen LogP contribution in [0.2, 0.25) is 0 Å². The first-order chi connectivity index (χ1) is 19.9. The number of rotatable bonds is 4. The summed E-state index contributed by atoms with van der Waals surface area (Å²) in [5, 5.41) is 0. The van der Waals surface area contributed by atoms with Gasteiger partial charge in [0.2, 0.25) is 0 Å². The molecule has 4 aliphatic rings. The van der Waals surface area contributed by atoms with Gasteiger partial charge in [-0.15, -0.1) is 0 Å². The van der Waals surface area contributed by atoms with Crippen LogP contribution in [0.25, 0.3) is 0 Å². The Morgan fingerprint density at radius 3 is 1.34 bits per heavy atom. The Morgan fingerprint density at radius 1 is 0.610 bits per heavy atom. The van der Waals surface area contributed by atoms with E-state index in [-0.39, 0.29) is 5.41 Å². The summed E-state index contributed by atoms with van der Waals surface area (Å²) in [5.41, 5.74) is 7.82. The van der Waals surface area contributed by atoms with Crippen molar-refractivity contribution >= 4 is 11.4 Å². The lowest BCUT2D eigenvalue weighted by molar-refractivity contribution is 0.203. The van der Waals surface area contributed by atoms with Crippen molar-refractivity contribution in [2.75, 3.05) is 36.4 Å². The second-order valence-corrected chi connectivity index (χ2v) is 11.9. The number of anilines is 2. The zero-order chi connectivity index (χ0) is 29.2. The van der Waals surface area contributed by atoms with E-state index < -0.39 is 0 Å². The Labute approximate surface area is 249 Å². The standard InChI is InChI=1S/C31H34N2O2.2C3H8/c1-31(2,25-11-15-27(16-12-25)32-19-23-7-3-5-9-29(23)34-21-32)26-13-17-28(18-14-26)33-20-24-8-4-6-10-30(24)35-22-33;2*1-3-2/h5-6,9-18H,3-4,7-8,19-22H2,1-2H3;2*3H2,1-2H3. The van der Waals surface area contributed by atoms with Crippen LogP contribution >= 0.6 is 0 Å². The third-order valence-corrected chi connectivity index (χ3v) is 7.88. The fourth-order valence-electron chi connectivity index (χ4n) is 5.52. The predicted octanol–water partition coefficient (Wildman–Crippen LogP) is 9.64. The van der Waals surface area contributed by atoms with E-state index in [1.165, 1.54) is 46.5 Å². The SMILES string of the molecule is CC(C)(c1ccc(N2COC3=C(CCC=C3)C2)cc1)c1ccc(N2COC3=C(CCC=C3)C2)cc1.CCC.CCC. The van der Waals surface area contributed by atoms with Crippen LogP contribution in [0.15, 0.2) is 95.5 Å². The fraction of sp³-hybridized carbons (Fsp3) is 0.459. The van der Waals surface area contributed by atoms with Gasteiger partial charge in [0, 0.05) is 29.9 Å². The second kappa shape index (κ2) is 14.5. The lowest BCUT2D eigenvalue weighted by Crippen LogP contribution is -2.33. The van der Waals surface area contributed by atoms with Crippen molar-refractivity contribution in [3.8, 4) is 0 Å². The highest BCUT2D eigenvalue weighted by Gasteiger charge is 2.26. The van der Waals surface area contributed by atoms with Crippen molar-refractivity contribution in [2.45, 2.75) is 85.5 Å². The molecular weight excluding hydrogens is 504 g/mol. The maximum absolute atomic E-state index is 6.01. The van der Waals surface area contributed by atoms with Gasteiger partial charge in [0.1, 0.15) is 11.5 Å². The molecule has 0 saturated carbocycles. The first kappa shape index (κ1) is 30.6. The summed E-state index contributed by atoms with van der Waals surface area (Å²) in [7, 11) is 0. The molecule has 0 unspecified atom stereocenters. The maximum Gasteiger partial charge on any atom is 0.161 e. The van der Waals surface area contributed by atoms with Crippen molar-refractivity contribution < 1.29 is 9.47 Å². The van der Waals surface area contributed by atoms with Crippen molar-refractivity contribution in [1.29, 1.82) is 0 Å². The van der Waals surface area contributed by atoms with E-state index >= 15 is 0 Å². The summed E-state index contributed by atoms with van der Waals surface area (Å²) in [6.45, 7) is 16.3. The molecule has 0 amide bonds. The van der Waals surface area contributed by atoms with Crippen molar-refractivity contribution in [3.05, 3.63) is 107 Å². The van der Waals surface area contributed by atoms with E-state index in [4.69, 9.17) is 9.47 Å². The number of nitrogens with zero attached hydrogens (tertiary/aromatic N) is 2. The van der Waals surface area contributed by atoms with Crippen LogP contribution in [0.5, 0.6) is 0 Å². The van der Waals surface area contributed by atoms with Crippen LogP contribution < -0.4 is 9.80 Å². The van der Waals surface area contributed by atoms with Crippen molar-refractivity contribution in [1.82, 2.24) is 0 Å². The normalized spacial score (nSPS) is 17.8. The van der Waals surface area contributed by atoms with Crippen LogP contribution in [0.3, 0.4) is 0 Å². The third kappa shape index (κ3) is 7.47. The summed E-state index contributed by atoms with van der Waals surface area (Å²) in [6, 6.07) is 18.1. The first-order valence-electron chi connectivity index (χ1n) is 15.6. The van der Waals surface area contributed by atoms with Gasteiger partial charge in [-0.3, -0.25) is 0 Å². The van der Waals surface area contributed by atoms with Gasteiger partial charge in [-0.25, -0.2) is 0 Å². The van der Waals surface area contributed by atoms with E-state index in [0.717, 1.165) is 50.3 Å². The minimum Gasteiger partial charge on any atom is -0.473 e. The molecule has 0 radical (unpaired) electrons. The largest absolute Gasteiger partial charge is 0.473 e. The molecule has 0 saturated heterocycles. The van der Waals surface area contributed by atoms with E-state index in [1.807, 2.05) is 0 Å². The lowest BCUT2D eigenvalue weighted by Gasteiger charge is -2.34. The Hall–Kier alpha value is -3.40. The smallest absolute Gasteiger partial charge is 0.161 e. The van der Waals surface area contributed by atoms with Gasteiger partial charge >= 0.3 is 0 Å². The summed E-state index contributed by atoms with van der Waals surface area (Å²) >= 11 is 0.